The van der Waals surface area contributed by atoms with E-state index in [9.17, 15) is 14.4 Å². The number of anilines is 1. The normalized spacial score (nSPS) is 35.2. The average Bonchev–Trinajstić information content (AvgIpc) is 3.51. The summed E-state index contributed by atoms with van der Waals surface area (Å²) in [5, 5.41) is 3.79. The summed E-state index contributed by atoms with van der Waals surface area (Å²) in [6, 6.07) is 0.206. The van der Waals surface area contributed by atoms with Crippen LogP contribution in [0.3, 0.4) is 0 Å². The zero-order valence-corrected chi connectivity index (χ0v) is 18.1. The minimum absolute atomic E-state index is 0.0964. The molecule has 0 aromatic carbocycles. The van der Waals surface area contributed by atoms with E-state index in [4.69, 9.17) is 4.74 Å². The van der Waals surface area contributed by atoms with Crippen molar-refractivity contribution in [3.05, 3.63) is 16.0 Å². The third kappa shape index (κ3) is 2.67. The van der Waals surface area contributed by atoms with Crippen LogP contribution in [-0.4, -0.2) is 36.0 Å². The zero-order chi connectivity index (χ0) is 20.6. The molecule has 3 amide bonds. The number of carbonyl (C=O) groups excluding carboxylic acids is 3. The van der Waals surface area contributed by atoms with Crippen molar-refractivity contribution in [1.82, 2.24) is 5.32 Å². The molecule has 5 aliphatic rings. The number of imide groups is 1. The molecule has 2 bridgehead atoms. The summed E-state index contributed by atoms with van der Waals surface area (Å²) >= 11 is 1.50. The second-order valence-electron chi connectivity index (χ2n) is 9.84. The molecule has 4 heterocycles. The van der Waals surface area contributed by atoms with Gasteiger partial charge in [0.15, 0.2) is 0 Å². The molecule has 6 nitrogen and oxygen atoms in total. The molecule has 3 saturated heterocycles. The van der Waals surface area contributed by atoms with Gasteiger partial charge in [0.05, 0.1) is 29.6 Å². The van der Waals surface area contributed by atoms with Gasteiger partial charge in [0.25, 0.3) is 5.91 Å². The van der Waals surface area contributed by atoms with E-state index in [2.05, 4.69) is 12.2 Å². The molecule has 1 aromatic rings. The maximum atomic E-state index is 13.4. The number of nitrogens with zero attached hydrogens (tertiary/aromatic N) is 1. The van der Waals surface area contributed by atoms with Gasteiger partial charge in [0.1, 0.15) is 5.00 Å². The van der Waals surface area contributed by atoms with E-state index in [0.717, 1.165) is 63.4 Å². The first-order chi connectivity index (χ1) is 14.5. The molecular formula is C23H28N2O4S. The highest BCUT2D eigenvalue weighted by Gasteiger charge is 2.63. The Kier molecular flexibility index (Phi) is 4.36. The lowest BCUT2D eigenvalue weighted by molar-refractivity contribution is -0.124. The highest BCUT2D eigenvalue weighted by molar-refractivity contribution is 7.17. The van der Waals surface area contributed by atoms with Gasteiger partial charge in [-0.15, -0.1) is 11.3 Å². The van der Waals surface area contributed by atoms with Crippen molar-refractivity contribution < 1.29 is 19.1 Å². The summed E-state index contributed by atoms with van der Waals surface area (Å²) in [5.41, 5.74) is 1.67. The average molecular weight is 429 g/mol. The lowest BCUT2D eigenvalue weighted by Gasteiger charge is -2.21. The fraction of sp³-hybridized carbons (Fsp3) is 0.696. The second-order valence-corrected chi connectivity index (χ2v) is 10.9. The summed E-state index contributed by atoms with van der Waals surface area (Å²) in [6.45, 7) is 2.23. The van der Waals surface area contributed by atoms with Gasteiger partial charge in [-0.05, 0) is 56.4 Å². The van der Waals surface area contributed by atoms with Crippen LogP contribution in [0.1, 0.15) is 72.7 Å². The van der Waals surface area contributed by atoms with Gasteiger partial charge in [-0.25, -0.2) is 4.90 Å². The van der Waals surface area contributed by atoms with E-state index in [1.807, 2.05) is 0 Å². The Hall–Kier alpha value is -1.73. The van der Waals surface area contributed by atoms with Crippen LogP contribution in [0.15, 0.2) is 0 Å². The fourth-order valence-corrected chi connectivity index (χ4v) is 7.89. The molecule has 1 N–H and O–H groups in total. The maximum absolute atomic E-state index is 13.4. The molecule has 160 valence electrons. The number of ether oxygens (including phenoxy) is 1. The molecule has 0 radical (unpaired) electrons. The van der Waals surface area contributed by atoms with Gasteiger partial charge in [-0.3, -0.25) is 14.4 Å². The minimum Gasteiger partial charge on any atom is -0.373 e. The quantitative estimate of drug-likeness (QED) is 0.750. The Balaban J connectivity index is 1.40. The number of carbonyl (C=O) groups is 3. The maximum Gasteiger partial charge on any atom is 0.254 e. The van der Waals surface area contributed by atoms with Gasteiger partial charge < -0.3 is 10.1 Å². The van der Waals surface area contributed by atoms with Crippen molar-refractivity contribution in [3.63, 3.8) is 0 Å². The standard InChI is InChI=1S/C23H28N2O4S/c1-11-6-7-13-16(10-11)30-23(17(13)20(26)24-12-4-2-3-5-12)25-21(27)18-14-8-9-15(29-14)19(18)22(25)28/h11-12,14-15,18-19H,2-10H2,1H3,(H,24,26)/t11-,14+,15+,18+,19+/m1/s1. The van der Waals surface area contributed by atoms with E-state index in [0.29, 0.717) is 16.5 Å². The van der Waals surface area contributed by atoms with E-state index in [-0.39, 0.29) is 47.8 Å². The van der Waals surface area contributed by atoms with Gasteiger partial charge >= 0.3 is 0 Å². The largest absolute Gasteiger partial charge is 0.373 e. The highest BCUT2D eigenvalue weighted by Crippen LogP contribution is 2.52. The summed E-state index contributed by atoms with van der Waals surface area (Å²) in [7, 11) is 0. The molecule has 3 aliphatic heterocycles. The summed E-state index contributed by atoms with van der Waals surface area (Å²) in [4.78, 5) is 42.7. The first kappa shape index (κ1) is 19.0. The van der Waals surface area contributed by atoms with Crippen LogP contribution in [0.25, 0.3) is 0 Å². The number of rotatable bonds is 3. The molecule has 2 aliphatic carbocycles. The van der Waals surface area contributed by atoms with Crippen LogP contribution in [0.4, 0.5) is 5.00 Å². The van der Waals surface area contributed by atoms with E-state index in [1.165, 1.54) is 21.1 Å². The van der Waals surface area contributed by atoms with Gasteiger partial charge in [-0.2, -0.15) is 0 Å². The zero-order valence-electron chi connectivity index (χ0n) is 17.3. The predicted molar refractivity (Wildman–Crippen MR) is 113 cm³/mol. The molecule has 30 heavy (non-hydrogen) atoms. The molecule has 7 heteroatoms. The van der Waals surface area contributed by atoms with Gasteiger partial charge in [-0.1, -0.05) is 19.8 Å². The Labute approximate surface area is 180 Å². The molecule has 0 unspecified atom stereocenters. The van der Waals surface area contributed by atoms with Crippen LogP contribution in [0.2, 0.25) is 0 Å². The fourth-order valence-electron chi connectivity index (χ4n) is 6.37. The van der Waals surface area contributed by atoms with Crippen molar-refractivity contribution in [2.45, 2.75) is 83.0 Å². The Morgan fingerprint density at radius 1 is 1.03 bits per heavy atom. The van der Waals surface area contributed by atoms with E-state index < -0.39 is 0 Å². The molecule has 4 fully saturated rings. The third-order valence-electron chi connectivity index (χ3n) is 7.90. The van der Waals surface area contributed by atoms with Gasteiger partial charge in [0.2, 0.25) is 11.8 Å². The molecule has 1 saturated carbocycles. The topological polar surface area (TPSA) is 75.7 Å². The lowest BCUT2D eigenvalue weighted by Crippen LogP contribution is -2.37. The molecule has 5 atom stereocenters. The van der Waals surface area contributed by atoms with Crippen LogP contribution in [0.5, 0.6) is 0 Å². The predicted octanol–water partition coefficient (Wildman–Crippen LogP) is 3.21. The van der Waals surface area contributed by atoms with Crippen LogP contribution in [0, 0.1) is 17.8 Å². The Morgan fingerprint density at radius 2 is 1.70 bits per heavy atom. The number of fused-ring (bicyclic) bond motifs is 6. The van der Waals surface area contributed by atoms with Crippen molar-refractivity contribution >= 4 is 34.1 Å². The van der Waals surface area contributed by atoms with Crippen molar-refractivity contribution in [3.8, 4) is 0 Å². The number of thiophene rings is 1. The van der Waals surface area contributed by atoms with E-state index >= 15 is 0 Å². The number of hydrogen-bond acceptors (Lipinski definition) is 5. The Morgan fingerprint density at radius 3 is 2.37 bits per heavy atom. The van der Waals surface area contributed by atoms with Crippen molar-refractivity contribution in [1.29, 1.82) is 0 Å². The molecule has 1 aromatic heterocycles. The smallest absolute Gasteiger partial charge is 0.254 e. The third-order valence-corrected chi connectivity index (χ3v) is 9.14. The Bertz CT molecular complexity index is 906. The minimum atomic E-state index is -0.361. The summed E-state index contributed by atoms with van der Waals surface area (Å²) < 4.78 is 5.88. The molecular weight excluding hydrogens is 400 g/mol. The molecule has 0 spiro atoms. The van der Waals surface area contributed by atoms with Crippen LogP contribution in [-0.2, 0) is 27.2 Å². The number of amides is 3. The SMILES string of the molecule is C[C@@H]1CCc2c(sc(N3C(=O)[C@@H]4[C@@H](C3=O)[C@@H]3CC[C@@H]4O3)c2C(=O)NC2CCCC2)C1. The first-order valence-electron chi connectivity index (χ1n) is 11.5. The van der Waals surface area contributed by atoms with Crippen LogP contribution >= 0.6 is 11.3 Å². The van der Waals surface area contributed by atoms with Crippen molar-refractivity contribution in [2.75, 3.05) is 4.90 Å². The monoisotopic (exact) mass is 428 g/mol. The van der Waals surface area contributed by atoms with E-state index in [1.54, 1.807) is 0 Å². The summed E-state index contributed by atoms with van der Waals surface area (Å²) in [5.74, 6) is -0.568. The number of nitrogens with one attached hydrogen (secondary N) is 1. The second kappa shape index (κ2) is 6.89. The van der Waals surface area contributed by atoms with Crippen LogP contribution < -0.4 is 10.2 Å². The first-order valence-corrected chi connectivity index (χ1v) is 12.3. The van der Waals surface area contributed by atoms with Gasteiger partial charge in [0, 0.05) is 10.9 Å². The lowest BCUT2D eigenvalue weighted by atomic mass is 9.81. The summed E-state index contributed by atoms with van der Waals surface area (Å²) in [6.07, 6.45) is 8.56. The highest BCUT2D eigenvalue weighted by atomic mass is 32.1. The number of hydrogen-bond donors (Lipinski definition) is 1. The van der Waals surface area contributed by atoms with Crippen molar-refractivity contribution in [2.24, 2.45) is 17.8 Å². The molecule has 6 rings (SSSR count).